The second-order valence-electron chi connectivity index (χ2n) is 5.74. The summed E-state index contributed by atoms with van der Waals surface area (Å²) in [6.07, 6.45) is 9.66. The molecule has 0 aliphatic heterocycles. The summed E-state index contributed by atoms with van der Waals surface area (Å²) in [5.41, 5.74) is 2.58. The van der Waals surface area contributed by atoms with Crippen molar-refractivity contribution in [3.8, 4) is 5.75 Å². The maximum atomic E-state index is 5.44. The fourth-order valence-corrected chi connectivity index (χ4v) is 2.96. The predicted octanol–water partition coefficient (Wildman–Crippen LogP) is 4.21. The number of rotatable bonds is 4. The minimum Gasteiger partial charge on any atom is -0.496 e. The highest BCUT2D eigenvalue weighted by Crippen LogP contribution is 2.21. The van der Waals surface area contributed by atoms with E-state index in [9.17, 15) is 0 Å². The number of hydrogen-bond donors (Lipinski definition) is 1. The molecule has 1 aliphatic rings. The van der Waals surface area contributed by atoms with Crippen LogP contribution in [0.5, 0.6) is 5.75 Å². The van der Waals surface area contributed by atoms with Crippen LogP contribution in [0.4, 0.5) is 0 Å². The average molecular weight is 261 g/mol. The quantitative estimate of drug-likeness (QED) is 0.876. The molecule has 2 nitrogen and oxygen atoms in total. The van der Waals surface area contributed by atoms with Gasteiger partial charge in [0.05, 0.1) is 7.11 Å². The van der Waals surface area contributed by atoms with Gasteiger partial charge in [-0.3, -0.25) is 0 Å². The Hall–Kier alpha value is -1.02. The molecule has 0 spiro atoms. The second kappa shape index (κ2) is 7.54. The van der Waals surface area contributed by atoms with Crippen LogP contribution in [0.3, 0.4) is 0 Å². The van der Waals surface area contributed by atoms with E-state index >= 15 is 0 Å². The highest BCUT2D eigenvalue weighted by molar-refractivity contribution is 5.36. The fraction of sp³-hybridized carbons (Fsp3) is 0.647. The molecule has 0 aromatic heterocycles. The molecule has 0 heterocycles. The van der Waals surface area contributed by atoms with Gasteiger partial charge in [-0.1, -0.05) is 49.8 Å². The van der Waals surface area contributed by atoms with Crippen molar-refractivity contribution >= 4 is 0 Å². The van der Waals surface area contributed by atoms with Crippen LogP contribution in [0.2, 0.25) is 0 Å². The van der Waals surface area contributed by atoms with Crippen LogP contribution in [0.15, 0.2) is 18.2 Å². The van der Waals surface area contributed by atoms with Crippen molar-refractivity contribution < 1.29 is 4.74 Å². The highest BCUT2D eigenvalue weighted by atomic mass is 16.5. The first-order chi connectivity index (χ1) is 9.29. The molecule has 1 saturated carbocycles. The summed E-state index contributed by atoms with van der Waals surface area (Å²) in [5, 5.41) is 3.73. The Bertz CT molecular complexity index is 381. The van der Waals surface area contributed by atoms with Crippen LogP contribution in [-0.2, 0) is 6.54 Å². The molecule has 0 bridgehead atoms. The van der Waals surface area contributed by atoms with Crippen molar-refractivity contribution in [1.29, 1.82) is 0 Å². The summed E-state index contributed by atoms with van der Waals surface area (Å²) in [5.74, 6) is 1.00. The topological polar surface area (TPSA) is 21.3 Å². The first kappa shape index (κ1) is 14.4. The van der Waals surface area contributed by atoms with Gasteiger partial charge in [0.2, 0.25) is 0 Å². The Morgan fingerprint density at radius 1 is 1.11 bits per heavy atom. The summed E-state index contributed by atoms with van der Waals surface area (Å²) < 4.78 is 5.44. The molecule has 106 valence electrons. The maximum absolute atomic E-state index is 5.44. The molecular weight excluding hydrogens is 234 g/mol. The lowest BCUT2D eigenvalue weighted by atomic mass is 9.96. The zero-order valence-electron chi connectivity index (χ0n) is 12.4. The van der Waals surface area contributed by atoms with Gasteiger partial charge in [0.25, 0.3) is 0 Å². The van der Waals surface area contributed by atoms with Gasteiger partial charge in [0, 0.05) is 18.2 Å². The monoisotopic (exact) mass is 261 g/mol. The maximum Gasteiger partial charge on any atom is 0.123 e. The highest BCUT2D eigenvalue weighted by Gasteiger charge is 2.11. The molecule has 1 aromatic carbocycles. The second-order valence-corrected chi connectivity index (χ2v) is 5.74. The van der Waals surface area contributed by atoms with Crippen LogP contribution in [-0.4, -0.2) is 13.2 Å². The van der Waals surface area contributed by atoms with Gasteiger partial charge in [0.15, 0.2) is 0 Å². The molecule has 2 rings (SSSR count). The standard InChI is InChI=1S/C17H27NO/c1-14-10-11-17(19-2)15(12-14)13-18-16-8-6-4-3-5-7-9-16/h10-12,16,18H,3-9,13H2,1-2H3. The SMILES string of the molecule is COc1ccc(C)cc1CNC1CCCCCCC1. The van der Waals surface area contributed by atoms with Crippen LogP contribution >= 0.6 is 0 Å². The summed E-state index contributed by atoms with van der Waals surface area (Å²) in [4.78, 5) is 0. The average Bonchev–Trinajstić information content (AvgIpc) is 2.37. The van der Waals surface area contributed by atoms with Crippen molar-refractivity contribution in [1.82, 2.24) is 5.32 Å². The Balaban J connectivity index is 1.91. The van der Waals surface area contributed by atoms with Gasteiger partial charge in [-0.15, -0.1) is 0 Å². The fourth-order valence-electron chi connectivity index (χ4n) is 2.96. The third kappa shape index (κ3) is 4.54. The van der Waals surface area contributed by atoms with E-state index in [4.69, 9.17) is 4.74 Å². The molecular formula is C17H27NO. The van der Waals surface area contributed by atoms with Crippen molar-refractivity contribution in [2.45, 2.75) is 64.5 Å². The number of benzene rings is 1. The van der Waals surface area contributed by atoms with Crippen molar-refractivity contribution in [2.24, 2.45) is 0 Å². The zero-order chi connectivity index (χ0) is 13.5. The smallest absolute Gasteiger partial charge is 0.123 e. The number of aryl methyl sites for hydroxylation is 1. The molecule has 2 heteroatoms. The summed E-state index contributed by atoms with van der Waals surface area (Å²) in [6.45, 7) is 3.06. The van der Waals surface area contributed by atoms with Crippen LogP contribution < -0.4 is 10.1 Å². The molecule has 0 atom stereocenters. The predicted molar refractivity (Wildman–Crippen MR) is 80.7 cm³/mol. The van der Waals surface area contributed by atoms with Crippen molar-refractivity contribution in [3.63, 3.8) is 0 Å². The molecule has 0 unspecified atom stereocenters. The van der Waals surface area contributed by atoms with Gasteiger partial charge in [0.1, 0.15) is 5.75 Å². The molecule has 0 saturated heterocycles. The summed E-state index contributed by atoms with van der Waals surface area (Å²) >= 11 is 0. The first-order valence-corrected chi connectivity index (χ1v) is 7.66. The molecule has 1 fully saturated rings. The minimum atomic E-state index is 0.686. The molecule has 1 aliphatic carbocycles. The van der Waals surface area contributed by atoms with E-state index in [1.807, 2.05) is 0 Å². The number of methoxy groups -OCH3 is 1. The Morgan fingerprint density at radius 2 is 1.79 bits per heavy atom. The van der Waals surface area contributed by atoms with E-state index in [0.29, 0.717) is 6.04 Å². The third-order valence-electron chi connectivity index (χ3n) is 4.12. The van der Waals surface area contributed by atoms with Gasteiger partial charge < -0.3 is 10.1 Å². The van der Waals surface area contributed by atoms with Gasteiger partial charge >= 0.3 is 0 Å². The molecule has 1 N–H and O–H groups in total. The molecule has 1 aromatic rings. The Kier molecular flexibility index (Phi) is 5.71. The van der Waals surface area contributed by atoms with Crippen LogP contribution in [0.25, 0.3) is 0 Å². The van der Waals surface area contributed by atoms with Crippen molar-refractivity contribution in [2.75, 3.05) is 7.11 Å². The van der Waals surface area contributed by atoms with Gasteiger partial charge in [-0.05, 0) is 25.8 Å². The Morgan fingerprint density at radius 3 is 2.47 bits per heavy atom. The van der Waals surface area contributed by atoms with Crippen LogP contribution in [0.1, 0.15) is 56.1 Å². The lowest BCUT2D eigenvalue weighted by molar-refractivity contribution is 0.378. The zero-order valence-corrected chi connectivity index (χ0v) is 12.4. The number of nitrogens with one attached hydrogen (secondary N) is 1. The van der Waals surface area contributed by atoms with E-state index in [0.717, 1.165) is 12.3 Å². The largest absolute Gasteiger partial charge is 0.496 e. The van der Waals surface area contributed by atoms with Crippen molar-refractivity contribution in [3.05, 3.63) is 29.3 Å². The third-order valence-corrected chi connectivity index (χ3v) is 4.12. The number of hydrogen-bond acceptors (Lipinski definition) is 2. The van der Waals surface area contributed by atoms with Gasteiger partial charge in [-0.2, -0.15) is 0 Å². The van der Waals surface area contributed by atoms with Crippen LogP contribution in [0, 0.1) is 6.92 Å². The first-order valence-electron chi connectivity index (χ1n) is 7.66. The van der Waals surface area contributed by atoms with E-state index in [2.05, 4.69) is 30.4 Å². The van der Waals surface area contributed by atoms with E-state index < -0.39 is 0 Å². The lowest BCUT2D eigenvalue weighted by Gasteiger charge is -2.21. The Labute approximate surface area is 117 Å². The number of ether oxygens (including phenoxy) is 1. The van der Waals surface area contributed by atoms with E-state index in [1.54, 1.807) is 7.11 Å². The summed E-state index contributed by atoms with van der Waals surface area (Å²) in [6, 6.07) is 7.10. The van der Waals surface area contributed by atoms with E-state index in [-0.39, 0.29) is 0 Å². The van der Waals surface area contributed by atoms with E-state index in [1.165, 1.54) is 56.1 Å². The molecule has 0 amide bonds. The molecule has 19 heavy (non-hydrogen) atoms. The normalized spacial score (nSPS) is 17.8. The molecule has 0 radical (unpaired) electrons. The minimum absolute atomic E-state index is 0.686. The lowest BCUT2D eigenvalue weighted by Crippen LogP contribution is -2.29. The summed E-state index contributed by atoms with van der Waals surface area (Å²) in [7, 11) is 1.75. The van der Waals surface area contributed by atoms with Gasteiger partial charge in [-0.25, -0.2) is 0 Å².